The first-order valence-electron chi connectivity index (χ1n) is 12.1. The molecule has 0 unspecified atom stereocenters. The zero-order valence-corrected chi connectivity index (χ0v) is 22.2. The molecule has 5 nitrogen and oxygen atoms in total. The highest BCUT2D eigenvalue weighted by molar-refractivity contribution is 14.0. The molecule has 31 heavy (non-hydrogen) atoms. The average Bonchev–Trinajstić information content (AvgIpc) is 3.01. The summed E-state index contributed by atoms with van der Waals surface area (Å²) in [5, 5.41) is 7.23. The Balaban J connectivity index is 0.00000341. The minimum atomic E-state index is 0. The number of likely N-dealkylation sites (tertiary alicyclic amines) is 2. The van der Waals surface area contributed by atoms with Crippen LogP contribution >= 0.6 is 24.0 Å². The Morgan fingerprint density at radius 2 is 1.61 bits per heavy atom. The standard InChI is InChI=1S/C25H43N5.HI/c1-21(2)19-30-16-12-24(13-17-30)28-25(26-3)27-18-22-10-6-7-11-23(22)20-29-14-8-4-5-9-15-29;/h6-7,10-11,21,24H,4-5,8-9,12-20H2,1-3H3,(H2,26,27,28);1H. The van der Waals surface area contributed by atoms with Crippen molar-refractivity contribution in [3.05, 3.63) is 35.4 Å². The number of rotatable bonds is 7. The maximum Gasteiger partial charge on any atom is 0.191 e. The average molecular weight is 542 g/mol. The number of guanidine groups is 1. The molecule has 2 fully saturated rings. The number of nitrogens with zero attached hydrogens (tertiary/aromatic N) is 3. The van der Waals surface area contributed by atoms with Gasteiger partial charge in [-0.3, -0.25) is 9.89 Å². The van der Waals surface area contributed by atoms with E-state index in [1.165, 1.54) is 82.4 Å². The van der Waals surface area contributed by atoms with Gasteiger partial charge < -0.3 is 15.5 Å². The van der Waals surface area contributed by atoms with Crippen molar-refractivity contribution < 1.29 is 0 Å². The second-order valence-corrected chi connectivity index (χ2v) is 9.50. The van der Waals surface area contributed by atoms with Gasteiger partial charge in [0.25, 0.3) is 0 Å². The monoisotopic (exact) mass is 541 g/mol. The predicted molar refractivity (Wildman–Crippen MR) is 143 cm³/mol. The minimum Gasteiger partial charge on any atom is -0.354 e. The van der Waals surface area contributed by atoms with Crippen molar-refractivity contribution in [1.29, 1.82) is 0 Å². The maximum absolute atomic E-state index is 4.49. The van der Waals surface area contributed by atoms with Gasteiger partial charge in [0.2, 0.25) is 0 Å². The molecule has 0 amide bonds. The number of benzene rings is 1. The van der Waals surface area contributed by atoms with Gasteiger partial charge in [0.1, 0.15) is 0 Å². The molecule has 0 bridgehead atoms. The molecule has 3 rings (SSSR count). The third-order valence-electron chi connectivity index (χ3n) is 6.43. The Hall–Kier alpha value is -0.860. The largest absolute Gasteiger partial charge is 0.354 e. The second kappa shape index (κ2) is 14.3. The summed E-state index contributed by atoms with van der Waals surface area (Å²) in [5.41, 5.74) is 2.83. The van der Waals surface area contributed by atoms with Crippen LogP contribution in [0, 0.1) is 5.92 Å². The van der Waals surface area contributed by atoms with E-state index in [0.717, 1.165) is 25.0 Å². The molecule has 0 radical (unpaired) electrons. The molecule has 0 aromatic heterocycles. The van der Waals surface area contributed by atoms with Crippen molar-refractivity contribution >= 4 is 29.9 Å². The van der Waals surface area contributed by atoms with Crippen LogP contribution < -0.4 is 10.6 Å². The van der Waals surface area contributed by atoms with E-state index >= 15 is 0 Å². The van der Waals surface area contributed by atoms with Crippen LogP contribution in [0.15, 0.2) is 29.3 Å². The first kappa shape index (κ1) is 26.4. The zero-order valence-electron chi connectivity index (χ0n) is 19.9. The fourth-order valence-corrected chi connectivity index (χ4v) is 4.76. The predicted octanol–water partition coefficient (Wildman–Crippen LogP) is 4.47. The minimum absolute atomic E-state index is 0. The first-order chi connectivity index (χ1) is 14.6. The van der Waals surface area contributed by atoms with Crippen molar-refractivity contribution in [2.24, 2.45) is 10.9 Å². The number of hydrogen-bond acceptors (Lipinski definition) is 3. The summed E-state index contributed by atoms with van der Waals surface area (Å²) in [6, 6.07) is 9.41. The lowest BCUT2D eigenvalue weighted by atomic mass is 10.0. The van der Waals surface area contributed by atoms with Gasteiger partial charge in [-0.2, -0.15) is 0 Å². The first-order valence-corrected chi connectivity index (χ1v) is 12.1. The third-order valence-corrected chi connectivity index (χ3v) is 6.43. The maximum atomic E-state index is 4.49. The highest BCUT2D eigenvalue weighted by Crippen LogP contribution is 2.16. The smallest absolute Gasteiger partial charge is 0.191 e. The van der Waals surface area contributed by atoms with Gasteiger partial charge in [0, 0.05) is 45.8 Å². The van der Waals surface area contributed by atoms with Crippen molar-refractivity contribution in [3.63, 3.8) is 0 Å². The van der Waals surface area contributed by atoms with E-state index in [2.05, 4.69) is 63.5 Å². The Kier molecular flexibility index (Phi) is 12.2. The highest BCUT2D eigenvalue weighted by Gasteiger charge is 2.20. The molecular weight excluding hydrogens is 497 g/mol. The molecule has 1 aromatic rings. The number of hydrogen-bond donors (Lipinski definition) is 2. The highest BCUT2D eigenvalue weighted by atomic mass is 127. The molecule has 0 spiro atoms. The summed E-state index contributed by atoms with van der Waals surface area (Å²) in [7, 11) is 1.88. The molecule has 176 valence electrons. The second-order valence-electron chi connectivity index (χ2n) is 9.50. The number of aliphatic imine (C=N–C) groups is 1. The molecule has 0 saturated carbocycles. The van der Waals surface area contributed by atoms with Gasteiger partial charge in [0.05, 0.1) is 0 Å². The lowest BCUT2D eigenvalue weighted by Gasteiger charge is -2.34. The van der Waals surface area contributed by atoms with Gasteiger partial charge in [-0.1, -0.05) is 51.0 Å². The van der Waals surface area contributed by atoms with E-state index in [0.29, 0.717) is 6.04 Å². The summed E-state index contributed by atoms with van der Waals surface area (Å²) in [6.07, 6.45) is 7.84. The van der Waals surface area contributed by atoms with E-state index in [-0.39, 0.29) is 24.0 Å². The Bertz CT molecular complexity index is 647. The van der Waals surface area contributed by atoms with Gasteiger partial charge in [-0.05, 0) is 55.8 Å². The van der Waals surface area contributed by atoms with Gasteiger partial charge >= 0.3 is 0 Å². The van der Waals surface area contributed by atoms with Gasteiger partial charge in [-0.15, -0.1) is 24.0 Å². The molecule has 0 aliphatic carbocycles. The number of piperidine rings is 1. The molecule has 2 aliphatic heterocycles. The van der Waals surface area contributed by atoms with Crippen LogP contribution in [0.1, 0.15) is 63.5 Å². The van der Waals surface area contributed by atoms with E-state index in [4.69, 9.17) is 0 Å². The third kappa shape index (κ3) is 9.26. The summed E-state index contributed by atoms with van der Waals surface area (Å²) in [4.78, 5) is 9.72. The van der Waals surface area contributed by atoms with Crippen LogP contribution in [-0.2, 0) is 13.1 Å². The van der Waals surface area contributed by atoms with Crippen LogP contribution in [0.5, 0.6) is 0 Å². The number of halogens is 1. The summed E-state index contributed by atoms with van der Waals surface area (Å²) in [5.74, 6) is 1.68. The topological polar surface area (TPSA) is 42.9 Å². The Labute approximate surface area is 207 Å². The summed E-state index contributed by atoms with van der Waals surface area (Å²) < 4.78 is 0. The van der Waals surface area contributed by atoms with Gasteiger partial charge in [0.15, 0.2) is 5.96 Å². The molecule has 2 aliphatic rings. The van der Waals surface area contributed by atoms with Gasteiger partial charge in [-0.25, -0.2) is 0 Å². The molecule has 0 atom stereocenters. The van der Waals surface area contributed by atoms with Crippen LogP contribution in [0.3, 0.4) is 0 Å². The molecule has 6 heteroatoms. The fraction of sp³-hybridized carbons (Fsp3) is 0.720. The van der Waals surface area contributed by atoms with E-state index in [1.807, 2.05) is 7.05 Å². The summed E-state index contributed by atoms with van der Waals surface area (Å²) in [6.45, 7) is 12.6. The Morgan fingerprint density at radius 1 is 0.968 bits per heavy atom. The van der Waals surface area contributed by atoms with E-state index in [1.54, 1.807) is 0 Å². The molecule has 2 N–H and O–H groups in total. The van der Waals surface area contributed by atoms with Crippen molar-refractivity contribution in [1.82, 2.24) is 20.4 Å². The molecule has 2 heterocycles. The van der Waals surface area contributed by atoms with Crippen LogP contribution in [0.25, 0.3) is 0 Å². The number of nitrogens with one attached hydrogen (secondary N) is 2. The van der Waals surface area contributed by atoms with Crippen LogP contribution in [0.4, 0.5) is 0 Å². The lowest BCUT2D eigenvalue weighted by Crippen LogP contribution is -2.49. The van der Waals surface area contributed by atoms with Crippen LogP contribution in [-0.4, -0.2) is 61.6 Å². The fourth-order valence-electron chi connectivity index (χ4n) is 4.76. The summed E-state index contributed by atoms with van der Waals surface area (Å²) >= 11 is 0. The van der Waals surface area contributed by atoms with Crippen molar-refractivity contribution in [2.75, 3.05) is 39.8 Å². The molecule has 2 saturated heterocycles. The molecule has 1 aromatic carbocycles. The normalized spacial score (nSPS) is 19.7. The van der Waals surface area contributed by atoms with Crippen molar-refractivity contribution in [2.45, 2.75) is 71.5 Å². The Morgan fingerprint density at radius 3 is 2.23 bits per heavy atom. The van der Waals surface area contributed by atoms with E-state index in [9.17, 15) is 0 Å². The SMILES string of the molecule is CN=C(NCc1ccccc1CN1CCCCCC1)NC1CCN(CC(C)C)CC1.I. The quantitative estimate of drug-likeness (QED) is 0.304. The molecular formula is C25H44IN5. The van der Waals surface area contributed by atoms with Crippen molar-refractivity contribution in [3.8, 4) is 0 Å². The lowest BCUT2D eigenvalue weighted by molar-refractivity contribution is 0.187. The van der Waals surface area contributed by atoms with Crippen LogP contribution in [0.2, 0.25) is 0 Å². The zero-order chi connectivity index (χ0) is 21.2. The van der Waals surface area contributed by atoms with E-state index < -0.39 is 0 Å².